The van der Waals surface area contributed by atoms with Gasteiger partial charge in [-0.15, -0.1) is 0 Å². The zero-order chi connectivity index (χ0) is 31.0. The normalized spacial score (nSPS) is 23.1. The minimum absolute atomic E-state index is 0.0340. The van der Waals surface area contributed by atoms with Gasteiger partial charge in [-0.2, -0.15) is 0 Å². The van der Waals surface area contributed by atoms with Crippen molar-refractivity contribution in [2.75, 3.05) is 48.3 Å². The third-order valence-electron chi connectivity index (χ3n) is 8.09. The number of H-pyrrole nitrogens is 1. The van der Waals surface area contributed by atoms with Crippen LogP contribution in [0.25, 0.3) is 11.3 Å². The fourth-order valence-electron chi connectivity index (χ4n) is 5.77. The smallest absolute Gasteiger partial charge is 0.264 e. The van der Waals surface area contributed by atoms with Gasteiger partial charge in [0.2, 0.25) is 11.5 Å². The Bertz CT molecular complexity index is 1530. The van der Waals surface area contributed by atoms with Crippen LogP contribution in [0, 0.1) is 5.82 Å². The number of likely N-dealkylation sites (N-methyl/N-ethyl adjacent to an activating group) is 1. The number of benzene rings is 1. The third-order valence-corrected chi connectivity index (χ3v) is 8.09. The number of carbonyl (C=O) groups excluding carboxylic acids is 1. The molecule has 0 spiro atoms. The number of halogens is 3. The zero-order valence-corrected chi connectivity index (χ0v) is 24.8. The largest absolute Gasteiger partial charge is 0.372 e. The number of morpholine rings is 1. The summed E-state index contributed by atoms with van der Waals surface area (Å²) in [6.45, 7) is 10.3. The summed E-state index contributed by atoms with van der Waals surface area (Å²) in [4.78, 5) is 42.6. The summed E-state index contributed by atoms with van der Waals surface area (Å²) >= 11 is 0. The van der Waals surface area contributed by atoms with Crippen LogP contribution in [0.5, 0.6) is 0 Å². The molecule has 5 rings (SSSR count). The van der Waals surface area contributed by atoms with Crippen LogP contribution in [0.4, 0.5) is 30.5 Å². The highest BCUT2D eigenvalue weighted by Gasteiger charge is 2.30. The van der Waals surface area contributed by atoms with Crippen LogP contribution in [0.1, 0.15) is 50.0 Å². The lowest BCUT2D eigenvalue weighted by Gasteiger charge is -2.44. The number of rotatable bonds is 6. The van der Waals surface area contributed by atoms with E-state index < -0.39 is 29.3 Å². The van der Waals surface area contributed by atoms with Gasteiger partial charge in [-0.1, -0.05) is 0 Å². The topological polar surface area (TPSA) is 107 Å². The van der Waals surface area contributed by atoms with Gasteiger partial charge in [-0.3, -0.25) is 14.5 Å². The van der Waals surface area contributed by atoms with Gasteiger partial charge in [0, 0.05) is 67.8 Å². The molecule has 13 heteroatoms. The minimum Gasteiger partial charge on any atom is -0.372 e. The lowest BCUT2D eigenvalue weighted by atomic mass is 10.0. The molecule has 1 amide bonds. The van der Waals surface area contributed by atoms with Gasteiger partial charge in [0.25, 0.3) is 12.3 Å². The summed E-state index contributed by atoms with van der Waals surface area (Å²) in [7, 11) is 2.02. The first kappa shape index (κ1) is 30.5. The summed E-state index contributed by atoms with van der Waals surface area (Å²) in [6, 6.07) is 5.36. The molecule has 0 bridgehead atoms. The number of pyridine rings is 1. The van der Waals surface area contributed by atoms with E-state index in [9.17, 15) is 18.4 Å². The van der Waals surface area contributed by atoms with E-state index in [1.54, 1.807) is 12.3 Å². The SMILES string of the molecule is C[C@@H]1CN(c2nccc(-c3cc(NC(=O)c4c[nH]c(=O)cc4C(F)F)c(N4C[C@@H](C)N(C)[C@@H](C)C4)cc3F)n2)C[C@H](C)O1. The quantitative estimate of drug-likeness (QED) is 0.432. The van der Waals surface area contributed by atoms with E-state index in [1.165, 1.54) is 12.1 Å². The van der Waals surface area contributed by atoms with Crippen LogP contribution >= 0.6 is 0 Å². The second-order valence-electron chi connectivity index (χ2n) is 11.4. The monoisotopic (exact) mass is 599 g/mol. The molecule has 1 aromatic carbocycles. The standard InChI is InChI=1S/C30H36F3N7O3/c1-16-12-39(13-17(2)38(16)5)26-10-23(31)21(24-6-7-34-30(37-24)40-14-18(3)43-19(4)15-40)8-25(26)36-29(42)22-11-35-27(41)9-20(22)28(32)33/h6-11,16-19,28H,12-15H2,1-5H3,(H,35,41)(H,36,42)/t16-,17+,18-,19+. The maximum absolute atomic E-state index is 15.9. The predicted molar refractivity (Wildman–Crippen MR) is 159 cm³/mol. The lowest BCUT2D eigenvalue weighted by molar-refractivity contribution is -0.00571. The van der Waals surface area contributed by atoms with Crippen molar-refractivity contribution in [3.05, 3.63) is 64.0 Å². The number of amides is 1. The summed E-state index contributed by atoms with van der Waals surface area (Å²) in [5.74, 6) is -0.997. The van der Waals surface area contributed by atoms with E-state index in [-0.39, 0.29) is 41.1 Å². The van der Waals surface area contributed by atoms with Crippen molar-refractivity contribution in [1.82, 2.24) is 19.9 Å². The molecule has 10 nitrogen and oxygen atoms in total. The van der Waals surface area contributed by atoms with Crippen molar-refractivity contribution in [2.24, 2.45) is 0 Å². The van der Waals surface area contributed by atoms with Gasteiger partial charge in [0.15, 0.2) is 0 Å². The zero-order valence-electron chi connectivity index (χ0n) is 24.8. The van der Waals surface area contributed by atoms with Crippen molar-refractivity contribution in [3.63, 3.8) is 0 Å². The van der Waals surface area contributed by atoms with Crippen molar-refractivity contribution in [1.29, 1.82) is 0 Å². The number of hydrogen-bond acceptors (Lipinski definition) is 8. The fraction of sp³-hybridized carbons (Fsp3) is 0.467. The average Bonchev–Trinajstić information content (AvgIpc) is 2.95. The summed E-state index contributed by atoms with van der Waals surface area (Å²) in [5.41, 5.74) is -0.773. The molecule has 2 aliphatic rings. The number of carbonyl (C=O) groups is 1. The maximum atomic E-state index is 15.9. The molecule has 2 fully saturated rings. The van der Waals surface area contributed by atoms with E-state index >= 15 is 4.39 Å². The number of alkyl halides is 2. The Labute approximate surface area is 247 Å². The summed E-state index contributed by atoms with van der Waals surface area (Å²) in [6.07, 6.45) is -0.602. The Balaban J connectivity index is 1.57. The molecule has 4 heterocycles. The number of nitrogens with zero attached hydrogens (tertiary/aromatic N) is 5. The third kappa shape index (κ3) is 6.52. The number of aromatic nitrogens is 3. The van der Waals surface area contributed by atoms with Crippen LogP contribution in [-0.4, -0.2) is 83.3 Å². The van der Waals surface area contributed by atoms with Gasteiger partial charge in [0.1, 0.15) is 5.82 Å². The number of nitrogens with one attached hydrogen (secondary N) is 2. The first-order chi connectivity index (χ1) is 20.4. The first-order valence-electron chi connectivity index (χ1n) is 14.3. The molecule has 4 atom stereocenters. The lowest BCUT2D eigenvalue weighted by Crippen LogP contribution is -2.55. The fourth-order valence-corrected chi connectivity index (χ4v) is 5.77. The van der Waals surface area contributed by atoms with Crippen LogP contribution in [0.15, 0.2) is 41.5 Å². The predicted octanol–water partition coefficient (Wildman–Crippen LogP) is 4.30. The highest BCUT2D eigenvalue weighted by Crippen LogP contribution is 2.36. The molecule has 43 heavy (non-hydrogen) atoms. The van der Waals surface area contributed by atoms with Gasteiger partial charge in [-0.25, -0.2) is 23.1 Å². The van der Waals surface area contributed by atoms with Crippen LogP contribution in [0.2, 0.25) is 0 Å². The molecule has 0 aliphatic carbocycles. The van der Waals surface area contributed by atoms with Crippen molar-refractivity contribution >= 4 is 23.2 Å². The number of ether oxygens (including phenoxy) is 1. The Morgan fingerprint density at radius 1 is 1.05 bits per heavy atom. The van der Waals surface area contributed by atoms with Crippen molar-refractivity contribution < 1.29 is 22.7 Å². The maximum Gasteiger partial charge on any atom is 0.264 e. The molecular weight excluding hydrogens is 563 g/mol. The second-order valence-corrected chi connectivity index (χ2v) is 11.4. The van der Waals surface area contributed by atoms with Gasteiger partial charge < -0.3 is 24.8 Å². The summed E-state index contributed by atoms with van der Waals surface area (Å²) in [5, 5.41) is 2.72. The van der Waals surface area contributed by atoms with Gasteiger partial charge in [0.05, 0.1) is 34.8 Å². The molecule has 0 saturated carbocycles. The molecule has 3 aromatic rings. The number of piperazine rings is 1. The first-order valence-corrected chi connectivity index (χ1v) is 14.3. The Hall–Kier alpha value is -3.97. The van der Waals surface area contributed by atoms with Crippen LogP contribution < -0.4 is 20.7 Å². The number of aromatic amines is 1. The highest BCUT2D eigenvalue weighted by atomic mass is 19.3. The molecule has 2 aromatic heterocycles. The van der Waals surface area contributed by atoms with E-state index in [2.05, 4.69) is 39.0 Å². The van der Waals surface area contributed by atoms with Crippen LogP contribution in [-0.2, 0) is 4.74 Å². The van der Waals surface area contributed by atoms with E-state index in [0.717, 1.165) is 6.20 Å². The molecular formula is C30H36F3N7O3. The molecule has 0 radical (unpaired) electrons. The highest BCUT2D eigenvalue weighted by molar-refractivity contribution is 6.07. The average molecular weight is 600 g/mol. The Morgan fingerprint density at radius 2 is 1.72 bits per heavy atom. The Morgan fingerprint density at radius 3 is 2.37 bits per heavy atom. The van der Waals surface area contributed by atoms with Gasteiger partial charge in [-0.05, 0) is 52.9 Å². The molecule has 0 unspecified atom stereocenters. The minimum atomic E-state index is -3.05. The molecule has 230 valence electrons. The van der Waals surface area contributed by atoms with E-state index in [0.29, 0.717) is 49.6 Å². The second kappa shape index (κ2) is 12.3. The summed E-state index contributed by atoms with van der Waals surface area (Å²) < 4.78 is 49.3. The number of hydrogen-bond donors (Lipinski definition) is 2. The number of anilines is 3. The van der Waals surface area contributed by atoms with Gasteiger partial charge >= 0.3 is 0 Å². The van der Waals surface area contributed by atoms with E-state index in [1.807, 2.05) is 30.7 Å². The van der Waals surface area contributed by atoms with Crippen molar-refractivity contribution in [3.8, 4) is 11.3 Å². The molecule has 2 saturated heterocycles. The van der Waals surface area contributed by atoms with Crippen molar-refractivity contribution in [2.45, 2.75) is 58.4 Å². The molecule has 2 aliphatic heterocycles. The van der Waals surface area contributed by atoms with E-state index in [4.69, 9.17) is 4.74 Å². The van der Waals surface area contributed by atoms with Crippen LogP contribution in [0.3, 0.4) is 0 Å². The molecule has 2 N–H and O–H groups in total. The Kier molecular flexibility index (Phi) is 8.74.